The Kier molecular flexibility index (Phi) is 6.15. The minimum absolute atomic E-state index is 0.0973. The highest BCUT2D eigenvalue weighted by molar-refractivity contribution is 6.35. The Hall–Kier alpha value is -1.47. The SMILES string of the molecule is O=C(O)C1CCCN1C(c1ccc(Cl)cc1Cl)c1cc(C(F)(F)F)ccc1Cl. The molecular weight excluding hydrogens is 438 g/mol. The number of aliphatic carboxylic acids is 1. The molecule has 0 spiro atoms. The summed E-state index contributed by atoms with van der Waals surface area (Å²) in [6.45, 7) is 0.382. The normalized spacial score (nSPS) is 19.0. The number of benzene rings is 2. The van der Waals surface area contributed by atoms with Gasteiger partial charge in [0.05, 0.1) is 11.6 Å². The summed E-state index contributed by atoms with van der Waals surface area (Å²) in [5.41, 5.74) is -0.276. The van der Waals surface area contributed by atoms with Crippen LogP contribution in [0.2, 0.25) is 15.1 Å². The lowest BCUT2D eigenvalue weighted by atomic mass is 9.94. The van der Waals surface area contributed by atoms with Gasteiger partial charge in [0.1, 0.15) is 6.04 Å². The molecule has 0 radical (unpaired) electrons. The molecule has 2 aromatic rings. The average molecular weight is 453 g/mol. The van der Waals surface area contributed by atoms with E-state index in [4.69, 9.17) is 34.8 Å². The molecule has 0 saturated carbocycles. The van der Waals surface area contributed by atoms with E-state index in [1.54, 1.807) is 17.0 Å². The minimum atomic E-state index is -4.56. The number of alkyl halides is 3. The minimum Gasteiger partial charge on any atom is -0.480 e. The van der Waals surface area contributed by atoms with Crippen LogP contribution in [0.1, 0.15) is 35.6 Å². The van der Waals surface area contributed by atoms with Crippen molar-refractivity contribution in [2.45, 2.75) is 31.1 Å². The molecule has 1 aliphatic heterocycles. The highest BCUT2D eigenvalue weighted by Crippen LogP contribution is 2.43. The van der Waals surface area contributed by atoms with Crippen LogP contribution in [0.3, 0.4) is 0 Å². The predicted molar refractivity (Wildman–Crippen MR) is 102 cm³/mol. The summed E-state index contributed by atoms with van der Waals surface area (Å²) < 4.78 is 39.9. The van der Waals surface area contributed by atoms with E-state index in [1.807, 2.05) is 0 Å². The summed E-state index contributed by atoms with van der Waals surface area (Å²) >= 11 is 18.6. The zero-order valence-corrected chi connectivity index (χ0v) is 16.6. The molecule has 0 aromatic heterocycles. The van der Waals surface area contributed by atoms with Gasteiger partial charge in [0, 0.05) is 21.6 Å². The average Bonchev–Trinajstić information content (AvgIpc) is 3.07. The van der Waals surface area contributed by atoms with E-state index in [0.717, 1.165) is 12.1 Å². The molecule has 9 heteroatoms. The number of carbonyl (C=O) groups is 1. The van der Waals surface area contributed by atoms with Gasteiger partial charge in [0.25, 0.3) is 0 Å². The zero-order valence-electron chi connectivity index (χ0n) is 14.3. The lowest BCUT2D eigenvalue weighted by molar-refractivity contribution is -0.143. The highest BCUT2D eigenvalue weighted by Gasteiger charge is 2.39. The van der Waals surface area contributed by atoms with Crippen molar-refractivity contribution in [1.82, 2.24) is 4.90 Å². The van der Waals surface area contributed by atoms with Gasteiger partial charge in [-0.2, -0.15) is 13.2 Å². The van der Waals surface area contributed by atoms with E-state index < -0.39 is 29.8 Å². The molecule has 1 heterocycles. The molecule has 1 fully saturated rings. The fourth-order valence-corrected chi connectivity index (χ4v) is 4.27. The van der Waals surface area contributed by atoms with Gasteiger partial charge in [-0.3, -0.25) is 9.69 Å². The fourth-order valence-electron chi connectivity index (χ4n) is 3.54. The van der Waals surface area contributed by atoms with E-state index in [1.165, 1.54) is 12.1 Å². The maximum Gasteiger partial charge on any atom is 0.416 e. The molecule has 3 rings (SSSR count). The predicted octanol–water partition coefficient (Wildman–Crippen LogP) is 6.30. The van der Waals surface area contributed by atoms with Crippen LogP contribution >= 0.6 is 34.8 Å². The van der Waals surface area contributed by atoms with Crippen LogP contribution in [-0.4, -0.2) is 28.6 Å². The van der Waals surface area contributed by atoms with Crippen LogP contribution in [0, 0.1) is 0 Å². The van der Waals surface area contributed by atoms with Gasteiger partial charge in [-0.25, -0.2) is 0 Å². The van der Waals surface area contributed by atoms with Crippen molar-refractivity contribution < 1.29 is 23.1 Å². The molecule has 150 valence electrons. The third-order valence-corrected chi connectivity index (χ3v) is 5.69. The van der Waals surface area contributed by atoms with Crippen molar-refractivity contribution in [2.24, 2.45) is 0 Å². The number of likely N-dealkylation sites (tertiary alicyclic amines) is 1. The lowest BCUT2D eigenvalue weighted by Crippen LogP contribution is -2.39. The van der Waals surface area contributed by atoms with Gasteiger partial charge >= 0.3 is 12.1 Å². The van der Waals surface area contributed by atoms with Crippen molar-refractivity contribution in [3.8, 4) is 0 Å². The lowest BCUT2D eigenvalue weighted by Gasteiger charge is -2.33. The quantitative estimate of drug-likeness (QED) is 0.591. The van der Waals surface area contributed by atoms with E-state index in [2.05, 4.69) is 0 Å². The first kappa shape index (κ1) is 21.2. The van der Waals surface area contributed by atoms with Crippen LogP contribution in [0.25, 0.3) is 0 Å². The molecule has 2 atom stereocenters. The Labute approximate surface area is 174 Å². The maximum atomic E-state index is 13.3. The molecule has 1 aliphatic rings. The van der Waals surface area contributed by atoms with Gasteiger partial charge < -0.3 is 5.11 Å². The molecule has 0 amide bonds. The molecule has 1 N–H and O–H groups in total. The van der Waals surface area contributed by atoms with E-state index in [-0.39, 0.29) is 15.6 Å². The molecule has 2 unspecified atom stereocenters. The topological polar surface area (TPSA) is 40.5 Å². The first-order chi connectivity index (χ1) is 13.1. The first-order valence-electron chi connectivity index (χ1n) is 8.39. The third-order valence-electron chi connectivity index (χ3n) is 4.79. The Balaban J connectivity index is 2.21. The Bertz CT molecular complexity index is 904. The summed E-state index contributed by atoms with van der Waals surface area (Å²) in [4.78, 5) is 13.3. The molecule has 1 saturated heterocycles. The molecule has 0 aliphatic carbocycles. The second-order valence-electron chi connectivity index (χ2n) is 6.54. The summed E-state index contributed by atoms with van der Waals surface area (Å²) in [6.07, 6.45) is -3.59. The Morgan fingerprint density at radius 1 is 1.07 bits per heavy atom. The number of carboxylic acid groups (broad SMARTS) is 1. The van der Waals surface area contributed by atoms with Crippen molar-refractivity contribution in [2.75, 3.05) is 6.54 Å². The van der Waals surface area contributed by atoms with Crippen molar-refractivity contribution in [3.05, 3.63) is 68.2 Å². The van der Waals surface area contributed by atoms with Crippen molar-refractivity contribution in [3.63, 3.8) is 0 Å². The molecule has 28 heavy (non-hydrogen) atoms. The number of rotatable bonds is 4. The standard InChI is InChI=1S/C19H15Cl3F3NO2/c20-11-4-5-12(15(22)9-11)17(26-7-1-2-16(26)18(27)28)13-8-10(19(23,24)25)3-6-14(13)21/h3-6,8-9,16-17H,1-2,7H2,(H,27,28). The highest BCUT2D eigenvalue weighted by atomic mass is 35.5. The van der Waals surface area contributed by atoms with Crippen molar-refractivity contribution in [1.29, 1.82) is 0 Å². The van der Waals surface area contributed by atoms with E-state index in [9.17, 15) is 23.1 Å². The van der Waals surface area contributed by atoms with Crippen LogP contribution < -0.4 is 0 Å². The summed E-state index contributed by atoms with van der Waals surface area (Å²) in [6, 6.07) is 5.92. The third kappa shape index (κ3) is 4.25. The summed E-state index contributed by atoms with van der Waals surface area (Å²) in [5.74, 6) is -1.05. The Morgan fingerprint density at radius 3 is 2.39 bits per heavy atom. The van der Waals surface area contributed by atoms with E-state index >= 15 is 0 Å². The van der Waals surface area contributed by atoms with Gasteiger partial charge in [0.15, 0.2) is 0 Å². The monoisotopic (exact) mass is 451 g/mol. The second-order valence-corrected chi connectivity index (χ2v) is 7.79. The van der Waals surface area contributed by atoms with Gasteiger partial charge in [-0.05, 0) is 54.3 Å². The van der Waals surface area contributed by atoms with Gasteiger partial charge in [0.2, 0.25) is 0 Å². The van der Waals surface area contributed by atoms with Crippen LogP contribution in [0.4, 0.5) is 13.2 Å². The van der Waals surface area contributed by atoms with Crippen LogP contribution in [0.15, 0.2) is 36.4 Å². The van der Waals surface area contributed by atoms with Crippen molar-refractivity contribution >= 4 is 40.8 Å². The fraction of sp³-hybridized carbons (Fsp3) is 0.316. The smallest absolute Gasteiger partial charge is 0.416 e. The first-order valence-corrected chi connectivity index (χ1v) is 9.53. The molecular formula is C19H15Cl3F3NO2. The van der Waals surface area contributed by atoms with Gasteiger partial charge in [-0.15, -0.1) is 0 Å². The number of hydrogen-bond donors (Lipinski definition) is 1. The number of hydrogen-bond acceptors (Lipinski definition) is 2. The van der Waals surface area contributed by atoms with E-state index in [0.29, 0.717) is 30.0 Å². The van der Waals surface area contributed by atoms with Crippen LogP contribution in [-0.2, 0) is 11.0 Å². The number of halogens is 6. The molecule has 3 nitrogen and oxygen atoms in total. The summed E-state index contributed by atoms with van der Waals surface area (Å²) in [5, 5.41) is 10.3. The maximum absolute atomic E-state index is 13.3. The number of nitrogens with zero attached hydrogens (tertiary/aromatic N) is 1. The number of carboxylic acids is 1. The largest absolute Gasteiger partial charge is 0.480 e. The summed E-state index contributed by atoms with van der Waals surface area (Å²) in [7, 11) is 0. The zero-order chi connectivity index (χ0) is 20.6. The van der Waals surface area contributed by atoms with Crippen LogP contribution in [0.5, 0.6) is 0 Å². The molecule has 2 aromatic carbocycles. The van der Waals surface area contributed by atoms with Gasteiger partial charge in [-0.1, -0.05) is 40.9 Å². The second kappa shape index (κ2) is 8.11. The molecule has 0 bridgehead atoms. The Morgan fingerprint density at radius 2 is 1.79 bits per heavy atom.